The maximum atomic E-state index is 5.19. The highest BCUT2D eigenvalue weighted by Gasteiger charge is 2.11. The van der Waals surface area contributed by atoms with Crippen molar-refractivity contribution in [3.8, 4) is 0 Å². The molecule has 0 aromatic rings. The van der Waals surface area contributed by atoms with Crippen molar-refractivity contribution in [3.05, 3.63) is 12.8 Å². The summed E-state index contributed by atoms with van der Waals surface area (Å²) in [6, 6.07) is 0. The molecule has 0 radical (unpaired) electrons. The van der Waals surface area contributed by atoms with Gasteiger partial charge in [-0.05, 0) is 18.8 Å². The van der Waals surface area contributed by atoms with E-state index < -0.39 is 0 Å². The summed E-state index contributed by atoms with van der Waals surface area (Å²) in [6.45, 7) is 4.44. The predicted molar refractivity (Wildman–Crippen MR) is 47.3 cm³/mol. The number of ether oxygens (including phenoxy) is 1. The van der Waals surface area contributed by atoms with E-state index in [1.54, 1.807) is 6.26 Å². The quantitative estimate of drug-likeness (QED) is 0.448. The molecule has 1 fully saturated rings. The largest absolute Gasteiger partial charge is 0.502 e. The molecule has 1 rings (SSSR count). The molecule has 0 aromatic carbocycles. The minimum Gasteiger partial charge on any atom is -0.502 e. The second-order valence-electron chi connectivity index (χ2n) is 3.36. The van der Waals surface area contributed by atoms with Crippen molar-refractivity contribution < 1.29 is 4.74 Å². The third-order valence-corrected chi connectivity index (χ3v) is 2.42. The van der Waals surface area contributed by atoms with Gasteiger partial charge in [0.25, 0.3) is 0 Å². The lowest BCUT2D eigenvalue weighted by molar-refractivity contribution is 0.184. The summed E-state index contributed by atoms with van der Waals surface area (Å²) in [5.41, 5.74) is 0. The summed E-state index contributed by atoms with van der Waals surface area (Å²) in [6.07, 6.45) is 9.90. The van der Waals surface area contributed by atoms with Gasteiger partial charge in [0.05, 0.1) is 12.9 Å². The third-order valence-electron chi connectivity index (χ3n) is 2.42. The van der Waals surface area contributed by atoms with Gasteiger partial charge < -0.3 is 4.74 Å². The first kappa shape index (κ1) is 8.63. The Labute approximate surface area is 69.4 Å². The Morgan fingerprint density at radius 2 is 1.82 bits per heavy atom. The minimum atomic E-state index is 0.801. The zero-order valence-electron chi connectivity index (χ0n) is 7.22. The summed E-state index contributed by atoms with van der Waals surface area (Å²) < 4.78 is 5.19. The lowest BCUT2D eigenvalue weighted by Crippen LogP contribution is -2.05. The Kier molecular flexibility index (Phi) is 4.10. The topological polar surface area (TPSA) is 9.23 Å². The molecule has 0 aliphatic heterocycles. The van der Waals surface area contributed by atoms with E-state index in [-0.39, 0.29) is 0 Å². The molecule has 1 aliphatic rings. The molecular formula is C10H18O. The summed E-state index contributed by atoms with van der Waals surface area (Å²) in [7, 11) is 0. The Balaban J connectivity index is 2.14. The molecule has 0 spiro atoms. The third kappa shape index (κ3) is 3.45. The highest BCUT2D eigenvalue weighted by molar-refractivity contribution is 4.65. The van der Waals surface area contributed by atoms with Crippen LogP contribution in [0.15, 0.2) is 12.8 Å². The summed E-state index contributed by atoms with van der Waals surface area (Å²) >= 11 is 0. The van der Waals surface area contributed by atoms with Crippen molar-refractivity contribution in [1.82, 2.24) is 0 Å². The lowest BCUT2D eigenvalue weighted by atomic mass is 10.0. The van der Waals surface area contributed by atoms with Crippen LogP contribution in [-0.4, -0.2) is 6.61 Å². The Hall–Kier alpha value is -0.460. The van der Waals surface area contributed by atoms with E-state index in [2.05, 4.69) is 6.58 Å². The second kappa shape index (κ2) is 5.22. The van der Waals surface area contributed by atoms with Gasteiger partial charge >= 0.3 is 0 Å². The van der Waals surface area contributed by atoms with Crippen LogP contribution in [-0.2, 0) is 4.74 Å². The van der Waals surface area contributed by atoms with Crippen LogP contribution in [0.3, 0.4) is 0 Å². The van der Waals surface area contributed by atoms with Crippen LogP contribution in [0.4, 0.5) is 0 Å². The van der Waals surface area contributed by atoms with E-state index in [0.717, 1.165) is 12.5 Å². The summed E-state index contributed by atoms with van der Waals surface area (Å²) in [5, 5.41) is 0. The zero-order valence-corrected chi connectivity index (χ0v) is 7.22. The Morgan fingerprint density at radius 3 is 2.36 bits per heavy atom. The molecule has 0 atom stereocenters. The Morgan fingerprint density at radius 1 is 1.18 bits per heavy atom. The molecular weight excluding hydrogens is 136 g/mol. The SMILES string of the molecule is C=COCC1CCCCCC1. The monoisotopic (exact) mass is 154 g/mol. The van der Waals surface area contributed by atoms with E-state index in [4.69, 9.17) is 4.74 Å². The van der Waals surface area contributed by atoms with Crippen LogP contribution in [0.5, 0.6) is 0 Å². The molecule has 1 nitrogen and oxygen atoms in total. The fourth-order valence-electron chi connectivity index (χ4n) is 1.73. The molecule has 11 heavy (non-hydrogen) atoms. The van der Waals surface area contributed by atoms with Crippen LogP contribution >= 0.6 is 0 Å². The van der Waals surface area contributed by atoms with E-state index in [1.807, 2.05) is 0 Å². The van der Waals surface area contributed by atoms with Gasteiger partial charge in [-0.25, -0.2) is 0 Å². The molecule has 0 heterocycles. The maximum absolute atomic E-state index is 5.19. The molecule has 0 amide bonds. The molecule has 64 valence electrons. The van der Waals surface area contributed by atoms with Crippen LogP contribution in [0.2, 0.25) is 0 Å². The number of rotatable bonds is 3. The molecule has 1 aliphatic carbocycles. The van der Waals surface area contributed by atoms with Gasteiger partial charge in [0, 0.05) is 0 Å². The first-order valence-electron chi connectivity index (χ1n) is 4.66. The standard InChI is InChI=1S/C10H18O/c1-2-11-9-10-7-5-3-4-6-8-10/h2,10H,1,3-9H2. The predicted octanol–water partition coefficient (Wildman–Crippen LogP) is 3.12. The normalized spacial score (nSPS) is 20.7. The number of hydrogen-bond acceptors (Lipinski definition) is 1. The van der Waals surface area contributed by atoms with Crippen molar-refractivity contribution in [3.63, 3.8) is 0 Å². The number of hydrogen-bond donors (Lipinski definition) is 0. The average molecular weight is 154 g/mol. The summed E-state index contributed by atoms with van der Waals surface area (Å²) in [4.78, 5) is 0. The van der Waals surface area contributed by atoms with Gasteiger partial charge in [-0.1, -0.05) is 32.3 Å². The zero-order chi connectivity index (χ0) is 7.94. The van der Waals surface area contributed by atoms with Crippen LogP contribution < -0.4 is 0 Å². The van der Waals surface area contributed by atoms with Crippen molar-refractivity contribution in [2.24, 2.45) is 5.92 Å². The summed E-state index contributed by atoms with van der Waals surface area (Å²) in [5.74, 6) is 0.801. The Bertz CT molecular complexity index is 101. The van der Waals surface area contributed by atoms with E-state index in [1.165, 1.54) is 38.5 Å². The fraction of sp³-hybridized carbons (Fsp3) is 0.800. The minimum absolute atomic E-state index is 0.801. The van der Waals surface area contributed by atoms with Gasteiger partial charge in [-0.2, -0.15) is 0 Å². The van der Waals surface area contributed by atoms with Gasteiger partial charge in [-0.3, -0.25) is 0 Å². The van der Waals surface area contributed by atoms with Gasteiger partial charge in [0.2, 0.25) is 0 Å². The highest BCUT2D eigenvalue weighted by Crippen LogP contribution is 2.22. The average Bonchev–Trinajstić information content (AvgIpc) is 2.28. The van der Waals surface area contributed by atoms with Crippen LogP contribution in [0, 0.1) is 5.92 Å². The molecule has 1 saturated carbocycles. The van der Waals surface area contributed by atoms with Gasteiger partial charge in [0.15, 0.2) is 0 Å². The first-order chi connectivity index (χ1) is 5.43. The van der Waals surface area contributed by atoms with Crippen molar-refractivity contribution in [2.45, 2.75) is 38.5 Å². The first-order valence-corrected chi connectivity index (χ1v) is 4.66. The van der Waals surface area contributed by atoms with Crippen LogP contribution in [0.1, 0.15) is 38.5 Å². The molecule has 0 unspecified atom stereocenters. The maximum Gasteiger partial charge on any atom is 0.0901 e. The second-order valence-corrected chi connectivity index (χ2v) is 3.36. The van der Waals surface area contributed by atoms with Crippen LogP contribution in [0.25, 0.3) is 0 Å². The van der Waals surface area contributed by atoms with Crippen molar-refractivity contribution >= 4 is 0 Å². The van der Waals surface area contributed by atoms with Gasteiger partial charge in [0.1, 0.15) is 0 Å². The molecule has 0 bridgehead atoms. The molecule has 0 N–H and O–H groups in total. The lowest BCUT2D eigenvalue weighted by Gasteiger charge is -2.12. The fourth-order valence-corrected chi connectivity index (χ4v) is 1.73. The van der Waals surface area contributed by atoms with Crippen molar-refractivity contribution in [1.29, 1.82) is 0 Å². The van der Waals surface area contributed by atoms with E-state index >= 15 is 0 Å². The smallest absolute Gasteiger partial charge is 0.0901 e. The highest BCUT2D eigenvalue weighted by atomic mass is 16.5. The van der Waals surface area contributed by atoms with E-state index in [0.29, 0.717) is 0 Å². The molecule has 0 saturated heterocycles. The van der Waals surface area contributed by atoms with Gasteiger partial charge in [-0.15, -0.1) is 0 Å². The molecule has 1 heteroatoms. The van der Waals surface area contributed by atoms with E-state index in [9.17, 15) is 0 Å². The van der Waals surface area contributed by atoms with Crippen molar-refractivity contribution in [2.75, 3.05) is 6.61 Å². The molecule has 0 aromatic heterocycles.